The van der Waals surface area contributed by atoms with E-state index in [1.807, 2.05) is 77.4 Å². The van der Waals surface area contributed by atoms with Crippen LogP contribution >= 0.6 is 0 Å². The average Bonchev–Trinajstić information content (AvgIpc) is 1.65. The molecule has 0 aliphatic heterocycles. The van der Waals surface area contributed by atoms with Crippen LogP contribution in [-0.4, -0.2) is 14.1 Å². The zero-order valence-corrected chi connectivity index (χ0v) is 52.5. The third kappa shape index (κ3) is 11.5. The van der Waals surface area contributed by atoms with Crippen molar-refractivity contribution in [1.82, 2.24) is 14.1 Å². The molecule has 448 valence electrons. The number of ether oxygens (including phenoxy) is 1. The van der Waals surface area contributed by atoms with Crippen molar-refractivity contribution in [1.29, 1.82) is 0 Å². The first kappa shape index (κ1) is 36.4. The van der Waals surface area contributed by atoms with E-state index in [4.69, 9.17) is 26.2 Å². The van der Waals surface area contributed by atoms with Gasteiger partial charge in [-0.2, -0.15) is 18.2 Å². The van der Waals surface area contributed by atoms with Gasteiger partial charge in [0.1, 0.15) is 5.82 Å². The molecule has 0 atom stereocenters. The zero-order chi connectivity index (χ0) is 84.4. The Hall–Kier alpha value is -10.5. The number of hydrogen-bond donors (Lipinski definition) is 0. The molecule has 0 amide bonds. The van der Waals surface area contributed by atoms with Crippen LogP contribution in [-0.2, 0) is 31.9 Å². The van der Waals surface area contributed by atoms with Crippen LogP contribution in [0.15, 0.2) is 291 Å². The van der Waals surface area contributed by atoms with Gasteiger partial charge in [0, 0.05) is 44.3 Å². The maximum absolute atomic E-state index is 10.6. The minimum atomic E-state index is -0.998. The van der Waals surface area contributed by atoms with Crippen molar-refractivity contribution in [3.63, 3.8) is 0 Å². The average molecular weight is 1390 g/mol. The Morgan fingerprint density at radius 3 is 1.49 bits per heavy atom. The fourth-order valence-corrected chi connectivity index (χ4v) is 11.1. The third-order valence-corrected chi connectivity index (χ3v) is 15.7. The van der Waals surface area contributed by atoms with Gasteiger partial charge in [-0.3, -0.25) is 4.57 Å². The summed E-state index contributed by atoms with van der Waals surface area (Å²) in [5.74, 6) is 1.03. The summed E-state index contributed by atoms with van der Waals surface area (Å²) in [5, 5.41) is 1.78. The quantitative estimate of drug-likeness (QED) is 0.0903. The summed E-state index contributed by atoms with van der Waals surface area (Å²) in [6.45, 7) is 12.5. The molecule has 5 nitrogen and oxygen atoms in total. The number of benzene rings is 12. The number of aromatic nitrogens is 4. The van der Waals surface area contributed by atoms with Gasteiger partial charge in [0.05, 0.1) is 52.4 Å². The predicted octanol–water partition coefficient (Wildman–Crippen LogP) is 21.9. The van der Waals surface area contributed by atoms with Gasteiger partial charge in [-0.15, -0.1) is 29.7 Å². The van der Waals surface area contributed by atoms with Crippen LogP contribution in [0.5, 0.6) is 11.5 Å². The number of pyridine rings is 1. The Labute approximate surface area is 590 Å². The van der Waals surface area contributed by atoms with E-state index in [0.717, 1.165) is 33.0 Å². The summed E-state index contributed by atoms with van der Waals surface area (Å²) in [6, 6.07) is 20.1. The summed E-state index contributed by atoms with van der Waals surface area (Å²) in [6.07, 6.45) is 5.22. The molecular weight excluding hydrogens is 1300 g/mol. The molecule has 15 rings (SSSR count). The molecule has 0 saturated carbocycles. The monoisotopic (exact) mass is 1390 g/mol. The summed E-state index contributed by atoms with van der Waals surface area (Å²) < 4.78 is 255. The van der Waals surface area contributed by atoms with E-state index in [2.05, 4.69) is 60.0 Å². The minimum absolute atomic E-state index is 0. The van der Waals surface area contributed by atoms with Crippen molar-refractivity contribution in [2.75, 3.05) is 0 Å². The molecule has 0 saturated heterocycles. The van der Waals surface area contributed by atoms with E-state index in [-0.39, 0.29) is 76.9 Å². The fourth-order valence-electron chi connectivity index (χ4n) is 11.1. The van der Waals surface area contributed by atoms with E-state index in [9.17, 15) is 19.2 Å². The van der Waals surface area contributed by atoms with Crippen LogP contribution in [0.4, 0.5) is 0 Å². The first-order chi connectivity index (χ1) is 55.2. The summed E-state index contributed by atoms with van der Waals surface area (Å²) in [5.41, 5.74) is -3.81. The van der Waals surface area contributed by atoms with Gasteiger partial charge in [-0.1, -0.05) is 241 Å². The maximum Gasteiger partial charge on any atom is 0.268 e. The molecule has 0 radical (unpaired) electrons. The molecule has 0 fully saturated rings. The maximum atomic E-state index is 10.6. The van der Waals surface area contributed by atoms with Crippen LogP contribution in [0.2, 0.25) is 0 Å². The minimum Gasteiger partial charge on any atom is -0.510 e. The van der Waals surface area contributed by atoms with Crippen LogP contribution in [0.3, 0.4) is 0 Å². The topological polar surface area (TPSA) is 35.9 Å². The van der Waals surface area contributed by atoms with Crippen LogP contribution in [0, 0.1) is 18.5 Å². The van der Waals surface area contributed by atoms with Gasteiger partial charge >= 0.3 is 0 Å². The van der Waals surface area contributed by atoms with Crippen molar-refractivity contribution in [2.24, 2.45) is 0 Å². The number of fused-ring (bicyclic) bond motifs is 4. The van der Waals surface area contributed by atoms with Crippen molar-refractivity contribution in [2.45, 2.75) is 52.4 Å². The molecule has 0 aliphatic carbocycles. The van der Waals surface area contributed by atoms with Gasteiger partial charge < -0.3 is 13.9 Å². The summed E-state index contributed by atoms with van der Waals surface area (Å²) in [7, 11) is 0. The Morgan fingerprint density at radius 1 is 0.424 bits per heavy atom. The van der Waals surface area contributed by atoms with Crippen molar-refractivity contribution in [3.8, 4) is 107 Å². The van der Waals surface area contributed by atoms with E-state index in [1.165, 1.54) is 22.8 Å². The molecule has 0 spiro atoms. The van der Waals surface area contributed by atoms with Crippen molar-refractivity contribution in [3.05, 3.63) is 320 Å². The van der Waals surface area contributed by atoms with Gasteiger partial charge in [0.2, 0.25) is 0 Å². The summed E-state index contributed by atoms with van der Waals surface area (Å²) in [4.78, 5) is 4.84. The van der Waals surface area contributed by atoms with Crippen LogP contribution < -0.4 is 9.30 Å². The number of hydrogen-bond acceptors (Lipinski definition) is 2. The first-order valence-corrected chi connectivity index (χ1v) is 29.1. The molecular formula is C86H66N4OPt-2. The van der Waals surface area contributed by atoms with Crippen molar-refractivity contribution >= 4 is 32.8 Å². The molecule has 0 unspecified atom stereocenters. The van der Waals surface area contributed by atoms with E-state index >= 15 is 0 Å². The van der Waals surface area contributed by atoms with Gasteiger partial charge in [0.25, 0.3) is 6.33 Å². The molecule has 6 heteroatoms. The van der Waals surface area contributed by atoms with Gasteiger partial charge in [-0.05, 0) is 171 Å². The fraction of sp³-hybridized carbons (Fsp3) is 0.0930. The molecule has 3 heterocycles. The second-order valence-electron chi connectivity index (χ2n) is 23.6. The molecule has 0 bridgehead atoms. The van der Waals surface area contributed by atoms with Crippen LogP contribution in [0.25, 0.3) is 128 Å². The smallest absolute Gasteiger partial charge is 0.268 e. The molecule has 0 N–H and O–H groups in total. The Kier molecular flexibility index (Phi) is 9.65. The zero-order valence-electron chi connectivity index (χ0n) is 76.2. The molecule has 0 aliphatic rings. The van der Waals surface area contributed by atoms with E-state index < -0.39 is 213 Å². The molecule has 3 aromatic heterocycles. The Morgan fingerprint density at radius 2 is 0.935 bits per heavy atom. The standard InChI is InChI=1S/C86H66N4O.Pt/c1-85(2,3)70-40-37-62(38-41-70)63-39-44-80-82(53-63)88(72-31-21-32-73(55-72)91-74-42-43-78-77-33-19-20-36-79(77)90(81(78)56-74)83-54-71(45-46-87-83)86(4,5)6)57-89(80)84-75(68-49-64(58-23-11-7-12-24-58)47-65(50-68)59-25-13-8-14-26-59)34-22-35-76(84)69-51-66(60-27-15-9-16-28-60)48-67(52-69)61-29-17-10-18-30-61;/h7-54H,1-6H3;/q-2;/i7D,8D,9D,10D,11D,12D,13D,14D,15D,16D,17D,18D,23D,24D,25D,26D,27D,28D,29D,30D,47D,48D,49D,50D,51D,52D;. The van der Waals surface area contributed by atoms with Crippen molar-refractivity contribution < 1.29 is 66.0 Å². The number of imidazole rings is 1. The first-order valence-electron chi connectivity index (χ1n) is 42.1. The second kappa shape index (κ2) is 24.4. The normalized spacial score (nSPS) is 15.7. The second-order valence-corrected chi connectivity index (χ2v) is 23.6. The van der Waals surface area contributed by atoms with Gasteiger partial charge in [-0.25, -0.2) is 4.98 Å². The van der Waals surface area contributed by atoms with E-state index in [0.29, 0.717) is 16.9 Å². The molecule has 15 aromatic rings. The summed E-state index contributed by atoms with van der Waals surface area (Å²) >= 11 is 0. The van der Waals surface area contributed by atoms with E-state index in [1.54, 1.807) is 47.2 Å². The third-order valence-electron chi connectivity index (χ3n) is 15.7. The Balaban J connectivity index is 0.0000114. The number of nitrogens with zero attached hydrogens (tertiary/aromatic N) is 4. The largest absolute Gasteiger partial charge is 0.510 e. The predicted molar refractivity (Wildman–Crippen MR) is 375 cm³/mol. The Bertz CT molecular complexity index is 6310. The van der Waals surface area contributed by atoms with Crippen LogP contribution in [0.1, 0.15) is 88.3 Å². The van der Waals surface area contributed by atoms with Gasteiger partial charge in [0.15, 0.2) is 0 Å². The SMILES string of the molecule is [2H]c1c([2H])c([2H])c(-c2c([2H])c(-c3cccc(-c4c([2H])c(-c5c([2H])c([2H])c([2H])c([2H])c5[2H])c([2H])c(-c5c([2H])c([2H])c([2H])c([2H])c5[2H])c4[2H])c3-[n+]3[c-]n(-c4[c-]c(Oc5[c-]c6c(cc5)c5ccccc5n6-c5cc(C(C)(C)C)ccn5)ccc4)c4cc(-c5ccc(C(C)(C)C)cc5)ccc43)c([2H])c(-c3c([2H])c([2H])c([2H])c([2H])c3[2H])c2[2H])c([2H])c1[2H].[Pt]. The molecule has 12 aromatic carbocycles. The molecule has 92 heavy (non-hydrogen) atoms. The number of rotatable bonds is 12. The number of para-hydroxylation sites is 2.